The first-order valence-electron chi connectivity index (χ1n) is 4.83. The molecule has 1 atom stereocenters. The van der Waals surface area contributed by atoms with E-state index in [4.69, 9.17) is 9.47 Å². The summed E-state index contributed by atoms with van der Waals surface area (Å²) < 4.78 is 10.3. The first kappa shape index (κ1) is 12.4. The van der Waals surface area contributed by atoms with Gasteiger partial charge in [-0.05, 0) is 12.8 Å². The smallest absolute Gasteiger partial charge is 0.305 e. The molecule has 0 aromatic carbocycles. The third kappa shape index (κ3) is 7.78. The predicted octanol–water partition coefficient (Wildman–Crippen LogP) is 2.00. The summed E-state index contributed by atoms with van der Waals surface area (Å²) in [7, 11) is 0. The third-order valence-electron chi connectivity index (χ3n) is 1.43. The second-order valence-electron chi connectivity index (χ2n) is 3.59. The van der Waals surface area contributed by atoms with E-state index in [9.17, 15) is 4.79 Å². The van der Waals surface area contributed by atoms with Crippen molar-refractivity contribution in [1.29, 1.82) is 0 Å². The van der Waals surface area contributed by atoms with Crippen LogP contribution in [0, 0.1) is 5.92 Å². The van der Waals surface area contributed by atoms with Crippen LogP contribution in [0.25, 0.3) is 0 Å². The molecule has 0 heterocycles. The van der Waals surface area contributed by atoms with E-state index in [1.807, 2.05) is 6.92 Å². The number of carbonyl (C=O) groups is 1. The molecule has 0 saturated heterocycles. The van der Waals surface area contributed by atoms with Crippen LogP contribution in [-0.2, 0) is 14.3 Å². The fraction of sp³-hybridized carbons (Fsp3) is 0.900. The quantitative estimate of drug-likeness (QED) is 0.598. The van der Waals surface area contributed by atoms with Crippen molar-refractivity contribution in [3.63, 3.8) is 0 Å². The molecule has 13 heavy (non-hydrogen) atoms. The zero-order chi connectivity index (χ0) is 10.3. The Bertz CT molecular complexity index is 143. The molecule has 0 bridgehead atoms. The highest BCUT2D eigenvalue weighted by Gasteiger charge is 2.07. The first-order valence-corrected chi connectivity index (χ1v) is 4.83. The van der Waals surface area contributed by atoms with Crippen molar-refractivity contribution in [3.8, 4) is 0 Å². The van der Waals surface area contributed by atoms with Crippen molar-refractivity contribution in [1.82, 2.24) is 0 Å². The summed E-state index contributed by atoms with van der Waals surface area (Å²) in [5, 5.41) is 0. The summed E-state index contributed by atoms with van der Waals surface area (Å²) in [6.07, 6.45) is 0.292. The Labute approximate surface area is 80.4 Å². The van der Waals surface area contributed by atoms with Gasteiger partial charge in [0.1, 0.15) is 6.10 Å². The van der Waals surface area contributed by atoms with Gasteiger partial charge in [0.15, 0.2) is 0 Å². The molecule has 0 aromatic rings. The van der Waals surface area contributed by atoms with Crippen LogP contribution in [0.5, 0.6) is 0 Å². The number of esters is 1. The normalized spacial score (nSPS) is 13.0. The minimum absolute atomic E-state index is 0.133. The molecule has 78 valence electrons. The molecule has 0 N–H and O–H groups in total. The standard InChI is InChI=1S/C10H20O3/c1-5-10(11)13-9(4)7-12-6-8(2)3/h8-9H,5-7H2,1-4H3. The SMILES string of the molecule is CCC(=O)OC(C)COCC(C)C. The van der Waals surface area contributed by atoms with Crippen LogP contribution in [0.3, 0.4) is 0 Å². The molecule has 0 aliphatic heterocycles. The van der Waals surface area contributed by atoms with Gasteiger partial charge >= 0.3 is 5.97 Å². The van der Waals surface area contributed by atoms with Gasteiger partial charge in [-0.25, -0.2) is 0 Å². The van der Waals surface area contributed by atoms with E-state index in [0.29, 0.717) is 25.6 Å². The second kappa shape index (κ2) is 6.89. The Kier molecular flexibility index (Phi) is 6.59. The van der Waals surface area contributed by atoms with Crippen LogP contribution in [0.1, 0.15) is 34.1 Å². The van der Waals surface area contributed by atoms with Crippen molar-refractivity contribution in [2.45, 2.75) is 40.2 Å². The zero-order valence-corrected chi connectivity index (χ0v) is 9.00. The summed E-state index contributed by atoms with van der Waals surface area (Å²) in [6.45, 7) is 9.00. The van der Waals surface area contributed by atoms with E-state index in [2.05, 4.69) is 13.8 Å². The molecule has 0 rings (SSSR count). The van der Waals surface area contributed by atoms with Gasteiger partial charge in [-0.1, -0.05) is 20.8 Å². The minimum atomic E-state index is -0.166. The van der Waals surface area contributed by atoms with E-state index >= 15 is 0 Å². The summed E-state index contributed by atoms with van der Waals surface area (Å²) in [5.74, 6) is 0.356. The van der Waals surface area contributed by atoms with Gasteiger partial charge in [0.05, 0.1) is 6.61 Å². The molecule has 3 nitrogen and oxygen atoms in total. The van der Waals surface area contributed by atoms with Crippen LogP contribution >= 0.6 is 0 Å². The van der Waals surface area contributed by atoms with Crippen molar-refractivity contribution in [2.75, 3.05) is 13.2 Å². The van der Waals surface area contributed by atoms with E-state index in [1.54, 1.807) is 6.92 Å². The Morgan fingerprint density at radius 1 is 1.23 bits per heavy atom. The highest BCUT2D eigenvalue weighted by molar-refractivity contribution is 5.69. The van der Waals surface area contributed by atoms with Gasteiger partial charge in [-0.15, -0.1) is 0 Å². The zero-order valence-electron chi connectivity index (χ0n) is 9.00. The van der Waals surface area contributed by atoms with Crippen LogP contribution < -0.4 is 0 Å². The maximum atomic E-state index is 10.8. The van der Waals surface area contributed by atoms with Gasteiger partial charge in [0.25, 0.3) is 0 Å². The number of ether oxygens (including phenoxy) is 2. The molecule has 0 aliphatic carbocycles. The summed E-state index contributed by atoms with van der Waals surface area (Å²) >= 11 is 0. The maximum absolute atomic E-state index is 10.8. The van der Waals surface area contributed by atoms with Gasteiger partial charge in [0, 0.05) is 13.0 Å². The highest BCUT2D eigenvalue weighted by atomic mass is 16.6. The van der Waals surface area contributed by atoms with Crippen LogP contribution in [-0.4, -0.2) is 25.3 Å². The van der Waals surface area contributed by atoms with Crippen molar-refractivity contribution >= 4 is 5.97 Å². The van der Waals surface area contributed by atoms with Crippen molar-refractivity contribution < 1.29 is 14.3 Å². The highest BCUT2D eigenvalue weighted by Crippen LogP contribution is 1.98. The van der Waals surface area contributed by atoms with Crippen molar-refractivity contribution in [3.05, 3.63) is 0 Å². The third-order valence-corrected chi connectivity index (χ3v) is 1.43. The summed E-state index contributed by atoms with van der Waals surface area (Å²) in [6, 6.07) is 0. The lowest BCUT2D eigenvalue weighted by Gasteiger charge is -2.13. The fourth-order valence-corrected chi connectivity index (χ4v) is 0.811. The summed E-state index contributed by atoms with van der Waals surface area (Å²) in [5.41, 5.74) is 0. The number of hydrogen-bond donors (Lipinski definition) is 0. The molecule has 0 saturated carbocycles. The number of hydrogen-bond acceptors (Lipinski definition) is 3. The van der Waals surface area contributed by atoms with Gasteiger partial charge < -0.3 is 9.47 Å². The molecule has 3 heteroatoms. The lowest BCUT2D eigenvalue weighted by Crippen LogP contribution is -2.20. The molecular weight excluding hydrogens is 168 g/mol. The number of carbonyl (C=O) groups excluding carboxylic acids is 1. The van der Waals surface area contributed by atoms with Crippen LogP contribution in [0.15, 0.2) is 0 Å². The average molecular weight is 188 g/mol. The number of rotatable bonds is 6. The largest absolute Gasteiger partial charge is 0.460 e. The average Bonchev–Trinajstić information content (AvgIpc) is 2.03. The molecule has 0 spiro atoms. The van der Waals surface area contributed by atoms with E-state index < -0.39 is 0 Å². The Hall–Kier alpha value is -0.570. The monoisotopic (exact) mass is 188 g/mol. The lowest BCUT2D eigenvalue weighted by atomic mass is 10.2. The molecule has 0 radical (unpaired) electrons. The van der Waals surface area contributed by atoms with Gasteiger partial charge in [0.2, 0.25) is 0 Å². The van der Waals surface area contributed by atoms with E-state index in [1.165, 1.54) is 0 Å². The maximum Gasteiger partial charge on any atom is 0.305 e. The lowest BCUT2D eigenvalue weighted by molar-refractivity contribution is -0.150. The predicted molar refractivity (Wildman–Crippen MR) is 51.5 cm³/mol. The Morgan fingerprint density at radius 2 is 1.85 bits per heavy atom. The van der Waals surface area contributed by atoms with Crippen LogP contribution in [0.4, 0.5) is 0 Å². The van der Waals surface area contributed by atoms with Gasteiger partial charge in [-0.2, -0.15) is 0 Å². The first-order chi connectivity index (χ1) is 6.06. The minimum Gasteiger partial charge on any atom is -0.460 e. The molecule has 0 aromatic heterocycles. The van der Waals surface area contributed by atoms with E-state index in [0.717, 1.165) is 0 Å². The van der Waals surface area contributed by atoms with Crippen LogP contribution in [0.2, 0.25) is 0 Å². The molecule has 0 aliphatic rings. The Balaban J connectivity index is 3.40. The topological polar surface area (TPSA) is 35.5 Å². The Morgan fingerprint density at radius 3 is 2.31 bits per heavy atom. The van der Waals surface area contributed by atoms with Gasteiger partial charge in [-0.3, -0.25) is 4.79 Å². The molecule has 0 amide bonds. The van der Waals surface area contributed by atoms with Crippen molar-refractivity contribution in [2.24, 2.45) is 5.92 Å². The fourth-order valence-electron chi connectivity index (χ4n) is 0.811. The second-order valence-corrected chi connectivity index (χ2v) is 3.59. The summed E-state index contributed by atoms with van der Waals surface area (Å²) in [4.78, 5) is 10.8. The molecular formula is C10H20O3. The molecule has 1 unspecified atom stereocenters. The van der Waals surface area contributed by atoms with E-state index in [-0.39, 0.29) is 12.1 Å². The molecule has 0 fully saturated rings.